The van der Waals surface area contributed by atoms with E-state index in [9.17, 15) is 0 Å². The van der Waals surface area contributed by atoms with E-state index in [1.54, 1.807) is 18.6 Å². The van der Waals surface area contributed by atoms with E-state index in [4.69, 9.17) is 0 Å². The summed E-state index contributed by atoms with van der Waals surface area (Å²) < 4.78 is 0. The van der Waals surface area contributed by atoms with Crippen LogP contribution in [0.4, 0.5) is 5.82 Å². The summed E-state index contributed by atoms with van der Waals surface area (Å²) >= 11 is 0. The van der Waals surface area contributed by atoms with Gasteiger partial charge in [-0.3, -0.25) is 9.97 Å². The van der Waals surface area contributed by atoms with Crippen LogP contribution in [0.15, 0.2) is 24.7 Å². The van der Waals surface area contributed by atoms with Crippen molar-refractivity contribution in [1.29, 1.82) is 0 Å². The molecule has 2 aromatic rings. The smallest absolute Gasteiger partial charge is 0.130 e. The summed E-state index contributed by atoms with van der Waals surface area (Å²) in [5, 5.41) is 2.98. The monoisotopic (exact) mass is 201 g/mol. The van der Waals surface area contributed by atoms with Crippen molar-refractivity contribution < 1.29 is 0 Å². The van der Waals surface area contributed by atoms with E-state index in [1.807, 2.05) is 20.0 Å². The molecule has 5 nitrogen and oxygen atoms in total. The molecule has 2 aromatic heterocycles. The molecule has 5 heteroatoms. The molecular weight excluding hydrogens is 190 g/mol. The van der Waals surface area contributed by atoms with Crippen LogP contribution in [0.1, 0.15) is 5.82 Å². The summed E-state index contributed by atoms with van der Waals surface area (Å²) in [6.07, 6.45) is 4.96. The molecule has 2 rings (SSSR count). The first-order chi connectivity index (χ1) is 7.29. The highest BCUT2D eigenvalue weighted by Crippen LogP contribution is 2.15. The van der Waals surface area contributed by atoms with E-state index in [2.05, 4.69) is 25.3 Å². The number of aromatic nitrogens is 4. The van der Waals surface area contributed by atoms with Crippen molar-refractivity contribution in [3.8, 4) is 11.4 Å². The van der Waals surface area contributed by atoms with Gasteiger partial charge in [0.05, 0.1) is 11.9 Å². The molecule has 0 saturated heterocycles. The van der Waals surface area contributed by atoms with Gasteiger partial charge in [-0.1, -0.05) is 0 Å². The van der Waals surface area contributed by atoms with Crippen LogP contribution >= 0.6 is 0 Å². The van der Waals surface area contributed by atoms with E-state index in [-0.39, 0.29) is 0 Å². The first-order valence-electron chi connectivity index (χ1n) is 4.59. The number of hydrogen-bond acceptors (Lipinski definition) is 5. The quantitative estimate of drug-likeness (QED) is 0.793. The summed E-state index contributed by atoms with van der Waals surface area (Å²) in [6.45, 7) is 1.85. The molecular formula is C10H11N5. The first kappa shape index (κ1) is 9.51. The molecule has 0 saturated carbocycles. The SMILES string of the molecule is CNc1cc(-c2cnccn2)nc(C)n1. The second-order valence-corrected chi connectivity index (χ2v) is 3.03. The lowest BCUT2D eigenvalue weighted by molar-refractivity contribution is 1.04. The Hall–Kier alpha value is -2.04. The Morgan fingerprint density at radius 2 is 2.00 bits per heavy atom. The average molecular weight is 201 g/mol. The fourth-order valence-electron chi connectivity index (χ4n) is 1.26. The molecule has 0 fully saturated rings. The number of rotatable bonds is 2. The second kappa shape index (κ2) is 4.00. The molecule has 15 heavy (non-hydrogen) atoms. The average Bonchev–Trinajstić information content (AvgIpc) is 2.29. The molecule has 0 aromatic carbocycles. The number of anilines is 1. The van der Waals surface area contributed by atoms with Gasteiger partial charge in [-0.15, -0.1) is 0 Å². The summed E-state index contributed by atoms with van der Waals surface area (Å²) in [5.41, 5.74) is 1.53. The first-order valence-corrected chi connectivity index (χ1v) is 4.59. The minimum Gasteiger partial charge on any atom is -0.373 e. The molecule has 0 unspecified atom stereocenters. The zero-order chi connectivity index (χ0) is 10.7. The highest BCUT2D eigenvalue weighted by molar-refractivity contribution is 5.57. The Bertz CT molecular complexity index is 455. The van der Waals surface area contributed by atoms with Crippen LogP contribution in [0.2, 0.25) is 0 Å². The zero-order valence-corrected chi connectivity index (χ0v) is 8.60. The Kier molecular flexibility index (Phi) is 2.53. The Labute approximate surface area is 87.6 Å². The molecule has 0 atom stereocenters. The third-order valence-corrected chi connectivity index (χ3v) is 1.92. The van der Waals surface area contributed by atoms with E-state index >= 15 is 0 Å². The van der Waals surface area contributed by atoms with Crippen molar-refractivity contribution in [2.45, 2.75) is 6.92 Å². The Balaban J connectivity index is 2.49. The minimum atomic E-state index is 0.711. The van der Waals surface area contributed by atoms with Crippen LogP contribution in [-0.4, -0.2) is 27.0 Å². The van der Waals surface area contributed by atoms with Crippen LogP contribution in [0.5, 0.6) is 0 Å². The van der Waals surface area contributed by atoms with Gasteiger partial charge < -0.3 is 5.32 Å². The third-order valence-electron chi connectivity index (χ3n) is 1.92. The van der Waals surface area contributed by atoms with Crippen molar-refractivity contribution >= 4 is 5.82 Å². The highest BCUT2D eigenvalue weighted by atomic mass is 15.0. The molecule has 0 aliphatic rings. The van der Waals surface area contributed by atoms with E-state index in [0.717, 1.165) is 17.2 Å². The summed E-state index contributed by atoms with van der Waals surface area (Å²) in [6, 6.07) is 1.84. The lowest BCUT2D eigenvalue weighted by atomic mass is 10.3. The van der Waals surface area contributed by atoms with Crippen LogP contribution in [0.3, 0.4) is 0 Å². The highest BCUT2D eigenvalue weighted by Gasteiger charge is 2.04. The van der Waals surface area contributed by atoms with E-state index in [0.29, 0.717) is 5.82 Å². The maximum Gasteiger partial charge on any atom is 0.130 e. The summed E-state index contributed by atoms with van der Waals surface area (Å²) in [5.74, 6) is 1.49. The second-order valence-electron chi connectivity index (χ2n) is 3.03. The van der Waals surface area contributed by atoms with Crippen LogP contribution in [0.25, 0.3) is 11.4 Å². The maximum absolute atomic E-state index is 4.30. The van der Waals surface area contributed by atoms with Gasteiger partial charge in [0.2, 0.25) is 0 Å². The lowest BCUT2D eigenvalue weighted by Crippen LogP contribution is -1.99. The van der Waals surface area contributed by atoms with Crippen LogP contribution in [0, 0.1) is 6.92 Å². The van der Waals surface area contributed by atoms with Gasteiger partial charge in [-0.25, -0.2) is 9.97 Å². The molecule has 2 heterocycles. The molecule has 0 aliphatic heterocycles. The molecule has 76 valence electrons. The predicted molar refractivity (Wildman–Crippen MR) is 57.3 cm³/mol. The predicted octanol–water partition coefficient (Wildman–Crippen LogP) is 1.28. The normalized spacial score (nSPS) is 10.0. The maximum atomic E-state index is 4.30. The zero-order valence-electron chi connectivity index (χ0n) is 8.60. The molecule has 0 bridgehead atoms. The number of nitrogens with one attached hydrogen (secondary N) is 1. The van der Waals surface area contributed by atoms with Crippen molar-refractivity contribution in [3.63, 3.8) is 0 Å². The standard InChI is InChI=1S/C10H11N5/c1-7-14-8(5-10(11-2)15-7)9-6-12-3-4-13-9/h3-6H,1-2H3,(H,11,14,15). The summed E-state index contributed by atoms with van der Waals surface area (Å²) in [7, 11) is 1.82. The van der Waals surface area contributed by atoms with Crippen molar-refractivity contribution in [2.24, 2.45) is 0 Å². The fourth-order valence-corrected chi connectivity index (χ4v) is 1.26. The molecule has 0 spiro atoms. The van der Waals surface area contributed by atoms with Gasteiger partial charge in [0, 0.05) is 25.5 Å². The molecule has 0 amide bonds. The van der Waals surface area contributed by atoms with Crippen LogP contribution in [-0.2, 0) is 0 Å². The van der Waals surface area contributed by atoms with Crippen molar-refractivity contribution in [2.75, 3.05) is 12.4 Å². The van der Waals surface area contributed by atoms with Gasteiger partial charge in [-0.2, -0.15) is 0 Å². The number of nitrogens with zero attached hydrogens (tertiary/aromatic N) is 4. The van der Waals surface area contributed by atoms with Gasteiger partial charge in [-0.05, 0) is 6.92 Å². The van der Waals surface area contributed by atoms with Gasteiger partial charge in [0.15, 0.2) is 0 Å². The number of hydrogen-bond donors (Lipinski definition) is 1. The van der Waals surface area contributed by atoms with Crippen LogP contribution < -0.4 is 5.32 Å². The van der Waals surface area contributed by atoms with Gasteiger partial charge >= 0.3 is 0 Å². The topological polar surface area (TPSA) is 63.6 Å². The fraction of sp³-hybridized carbons (Fsp3) is 0.200. The van der Waals surface area contributed by atoms with E-state index in [1.165, 1.54) is 0 Å². The molecule has 1 N–H and O–H groups in total. The van der Waals surface area contributed by atoms with Gasteiger partial charge in [0.25, 0.3) is 0 Å². The number of aryl methyl sites for hydroxylation is 1. The molecule has 0 aliphatic carbocycles. The van der Waals surface area contributed by atoms with Crippen molar-refractivity contribution in [3.05, 3.63) is 30.5 Å². The Morgan fingerprint density at radius 3 is 2.67 bits per heavy atom. The minimum absolute atomic E-state index is 0.711. The summed E-state index contributed by atoms with van der Waals surface area (Å²) in [4.78, 5) is 16.7. The Morgan fingerprint density at radius 1 is 1.13 bits per heavy atom. The third kappa shape index (κ3) is 2.07. The largest absolute Gasteiger partial charge is 0.373 e. The lowest BCUT2D eigenvalue weighted by Gasteiger charge is -2.04. The van der Waals surface area contributed by atoms with Gasteiger partial charge in [0.1, 0.15) is 17.3 Å². The van der Waals surface area contributed by atoms with Crippen molar-refractivity contribution in [1.82, 2.24) is 19.9 Å². The van der Waals surface area contributed by atoms with E-state index < -0.39 is 0 Å². The molecule has 0 radical (unpaired) electrons.